The van der Waals surface area contributed by atoms with Gasteiger partial charge in [-0.3, -0.25) is 4.79 Å². The fourth-order valence-electron chi connectivity index (χ4n) is 1.99. The lowest BCUT2D eigenvalue weighted by Crippen LogP contribution is -2.32. The van der Waals surface area contributed by atoms with Crippen molar-refractivity contribution in [1.29, 1.82) is 0 Å². The highest BCUT2D eigenvalue weighted by atomic mass is 35.5. The molecular weight excluding hydrogens is 321 g/mol. The second-order valence-corrected chi connectivity index (χ2v) is 5.19. The predicted octanol–water partition coefficient (Wildman–Crippen LogP) is 4.28. The van der Waals surface area contributed by atoms with Gasteiger partial charge in [-0.05, 0) is 36.8 Å². The number of nitrogens with one attached hydrogen (secondary N) is 1. The van der Waals surface area contributed by atoms with Crippen LogP contribution in [-0.2, 0) is 4.79 Å². The summed E-state index contributed by atoms with van der Waals surface area (Å²) >= 11 is 5.71. The maximum absolute atomic E-state index is 13.1. The molecule has 23 heavy (non-hydrogen) atoms. The van der Waals surface area contributed by atoms with E-state index in [0.29, 0.717) is 23.6 Å². The van der Waals surface area contributed by atoms with Crippen LogP contribution in [0.5, 0.6) is 11.5 Å². The average molecular weight is 338 g/mol. The molecule has 0 spiro atoms. The zero-order valence-electron chi connectivity index (χ0n) is 12.8. The van der Waals surface area contributed by atoms with Crippen LogP contribution in [0.2, 0.25) is 5.02 Å². The molecule has 0 unspecified atom stereocenters. The smallest absolute Gasteiger partial charge is 0.265 e. The van der Waals surface area contributed by atoms with Gasteiger partial charge in [0.15, 0.2) is 17.6 Å². The summed E-state index contributed by atoms with van der Waals surface area (Å²) in [5.74, 6) is 0.140. The first-order valence-corrected chi connectivity index (χ1v) is 7.48. The fourth-order valence-corrected chi connectivity index (χ4v) is 2.17. The van der Waals surface area contributed by atoms with Gasteiger partial charge in [0.2, 0.25) is 0 Å². The van der Waals surface area contributed by atoms with Crippen molar-refractivity contribution in [2.45, 2.75) is 19.4 Å². The molecule has 0 aliphatic carbocycles. The molecular formula is C17H17ClFNO3. The minimum absolute atomic E-state index is 0.0542. The number of anilines is 1. The summed E-state index contributed by atoms with van der Waals surface area (Å²) in [6, 6.07) is 11.1. The summed E-state index contributed by atoms with van der Waals surface area (Å²) in [5.41, 5.74) is 0.406. The summed E-state index contributed by atoms with van der Waals surface area (Å²) in [7, 11) is 1.53. The van der Waals surface area contributed by atoms with Crippen LogP contribution in [0.4, 0.5) is 10.1 Å². The fraction of sp³-hybridized carbons (Fsp3) is 0.235. The second-order valence-electron chi connectivity index (χ2n) is 4.78. The molecule has 4 nitrogen and oxygen atoms in total. The summed E-state index contributed by atoms with van der Waals surface area (Å²) < 4.78 is 24.1. The van der Waals surface area contributed by atoms with E-state index in [9.17, 15) is 9.18 Å². The van der Waals surface area contributed by atoms with E-state index in [1.807, 2.05) is 13.0 Å². The number of para-hydroxylation sites is 2. The molecule has 0 saturated heterocycles. The van der Waals surface area contributed by atoms with E-state index < -0.39 is 11.9 Å². The molecule has 1 amide bonds. The number of carbonyl (C=O) groups is 1. The number of benzene rings is 2. The van der Waals surface area contributed by atoms with Crippen molar-refractivity contribution in [3.05, 3.63) is 53.3 Å². The van der Waals surface area contributed by atoms with Crippen molar-refractivity contribution in [3.63, 3.8) is 0 Å². The molecule has 1 N–H and O–H groups in total. The standard InChI is InChI=1S/C17H17ClFNO3/c1-3-14(23-16-7-5-4-6-15(16)22-2)17(21)20-11-8-9-13(19)12(18)10-11/h4-10,14H,3H2,1-2H3,(H,20,21)/t14-/m1/s1. The molecule has 0 aliphatic heterocycles. The van der Waals surface area contributed by atoms with Crippen LogP contribution in [-0.4, -0.2) is 19.1 Å². The molecule has 6 heteroatoms. The maximum Gasteiger partial charge on any atom is 0.265 e. The summed E-state index contributed by atoms with van der Waals surface area (Å²) in [4.78, 5) is 12.3. The van der Waals surface area contributed by atoms with Crippen LogP contribution in [0.15, 0.2) is 42.5 Å². The Kier molecular flexibility index (Phi) is 5.82. The molecule has 0 heterocycles. The van der Waals surface area contributed by atoms with E-state index in [2.05, 4.69) is 5.32 Å². The highest BCUT2D eigenvalue weighted by molar-refractivity contribution is 6.31. The van der Waals surface area contributed by atoms with Crippen LogP contribution in [0.1, 0.15) is 13.3 Å². The molecule has 1 atom stereocenters. The van der Waals surface area contributed by atoms with Gasteiger partial charge in [-0.25, -0.2) is 4.39 Å². The Labute approximate surface area is 139 Å². The van der Waals surface area contributed by atoms with Crippen molar-refractivity contribution in [2.75, 3.05) is 12.4 Å². The van der Waals surface area contributed by atoms with Gasteiger partial charge in [-0.15, -0.1) is 0 Å². The van der Waals surface area contributed by atoms with Crippen LogP contribution in [0.25, 0.3) is 0 Å². The van der Waals surface area contributed by atoms with Gasteiger partial charge >= 0.3 is 0 Å². The molecule has 2 rings (SSSR count). The molecule has 0 saturated carbocycles. The second kappa shape index (κ2) is 7.83. The Morgan fingerprint density at radius 3 is 2.57 bits per heavy atom. The Hall–Kier alpha value is -2.27. The maximum atomic E-state index is 13.1. The third-order valence-electron chi connectivity index (χ3n) is 3.19. The number of ether oxygens (including phenoxy) is 2. The van der Waals surface area contributed by atoms with E-state index in [0.717, 1.165) is 0 Å². The number of rotatable bonds is 6. The quantitative estimate of drug-likeness (QED) is 0.855. The van der Waals surface area contributed by atoms with E-state index in [4.69, 9.17) is 21.1 Å². The molecule has 0 radical (unpaired) electrons. The Morgan fingerprint density at radius 2 is 1.96 bits per heavy atom. The van der Waals surface area contributed by atoms with Crippen LogP contribution >= 0.6 is 11.6 Å². The third kappa shape index (κ3) is 4.36. The van der Waals surface area contributed by atoms with Gasteiger partial charge in [0.1, 0.15) is 5.82 Å². The number of hydrogen-bond donors (Lipinski definition) is 1. The zero-order chi connectivity index (χ0) is 16.8. The highest BCUT2D eigenvalue weighted by Crippen LogP contribution is 2.27. The zero-order valence-corrected chi connectivity index (χ0v) is 13.6. The van der Waals surface area contributed by atoms with Gasteiger partial charge in [-0.1, -0.05) is 30.7 Å². The Bertz CT molecular complexity index is 693. The van der Waals surface area contributed by atoms with Gasteiger partial charge in [-0.2, -0.15) is 0 Å². The van der Waals surface area contributed by atoms with Crippen molar-refractivity contribution < 1.29 is 18.7 Å². The number of halogens is 2. The first-order chi connectivity index (χ1) is 11.0. The van der Waals surface area contributed by atoms with E-state index in [1.54, 1.807) is 18.2 Å². The number of amides is 1. The minimum atomic E-state index is -0.713. The third-order valence-corrected chi connectivity index (χ3v) is 3.48. The van der Waals surface area contributed by atoms with Crippen molar-refractivity contribution in [3.8, 4) is 11.5 Å². The van der Waals surface area contributed by atoms with Gasteiger partial charge in [0.25, 0.3) is 5.91 Å². The van der Waals surface area contributed by atoms with Crippen molar-refractivity contribution >= 4 is 23.2 Å². The molecule has 2 aromatic carbocycles. The minimum Gasteiger partial charge on any atom is -0.493 e. The predicted molar refractivity (Wildman–Crippen MR) is 87.7 cm³/mol. The highest BCUT2D eigenvalue weighted by Gasteiger charge is 2.20. The van der Waals surface area contributed by atoms with E-state index >= 15 is 0 Å². The van der Waals surface area contributed by atoms with Crippen LogP contribution < -0.4 is 14.8 Å². The Morgan fingerprint density at radius 1 is 1.26 bits per heavy atom. The average Bonchev–Trinajstić information content (AvgIpc) is 2.56. The number of methoxy groups -OCH3 is 1. The molecule has 0 aromatic heterocycles. The first-order valence-electron chi connectivity index (χ1n) is 7.10. The summed E-state index contributed by atoms with van der Waals surface area (Å²) in [6.07, 6.45) is -0.256. The van der Waals surface area contributed by atoms with Crippen molar-refractivity contribution in [1.82, 2.24) is 0 Å². The van der Waals surface area contributed by atoms with E-state index in [1.165, 1.54) is 25.3 Å². The monoisotopic (exact) mass is 337 g/mol. The normalized spacial score (nSPS) is 11.7. The molecule has 0 aliphatic rings. The lowest BCUT2D eigenvalue weighted by Gasteiger charge is -2.19. The molecule has 0 fully saturated rings. The van der Waals surface area contributed by atoms with Crippen LogP contribution in [0, 0.1) is 5.82 Å². The molecule has 0 bridgehead atoms. The summed E-state index contributed by atoms with van der Waals surface area (Å²) in [5, 5.41) is 2.61. The topological polar surface area (TPSA) is 47.6 Å². The number of carbonyl (C=O) groups excluding carboxylic acids is 1. The van der Waals surface area contributed by atoms with Gasteiger partial charge < -0.3 is 14.8 Å². The van der Waals surface area contributed by atoms with Gasteiger partial charge in [0.05, 0.1) is 12.1 Å². The SMILES string of the molecule is CC[C@@H](Oc1ccccc1OC)C(=O)Nc1ccc(F)c(Cl)c1. The summed E-state index contributed by atoms with van der Waals surface area (Å²) in [6.45, 7) is 1.83. The van der Waals surface area contributed by atoms with Crippen LogP contribution in [0.3, 0.4) is 0 Å². The lowest BCUT2D eigenvalue weighted by molar-refractivity contribution is -0.122. The largest absolute Gasteiger partial charge is 0.493 e. The Balaban J connectivity index is 2.10. The van der Waals surface area contributed by atoms with Gasteiger partial charge in [0, 0.05) is 5.69 Å². The van der Waals surface area contributed by atoms with E-state index in [-0.39, 0.29) is 10.9 Å². The molecule has 2 aromatic rings. The number of hydrogen-bond acceptors (Lipinski definition) is 3. The first kappa shape index (κ1) is 17.1. The molecule has 122 valence electrons. The lowest BCUT2D eigenvalue weighted by atomic mass is 10.2. The van der Waals surface area contributed by atoms with Crippen molar-refractivity contribution in [2.24, 2.45) is 0 Å².